The molecule has 0 heteroatoms. The number of allylic oxidation sites excluding steroid dienone is 8. The van der Waals surface area contributed by atoms with Gasteiger partial charge in [0.1, 0.15) is 0 Å². The Morgan fingerprint density at radius 2 is 1.67 bits per heavy atom. The van der Waals surface area contributed by atoms with E-state index in [-0.39, 0.29) is 0 Å². The molecule has 0 atom stereocenters. The highest BCUT2D eigenvalue weighted by molar-refractivity contribution is 5.81. The molecule has 90 valence electrons. The van der Waals surface area contributed by atoms with E-state index < -0.39 is 0 Å². The summed E-state index contributed by atoms with van der Waals surface area (Å²) in [6, 6.07) is 10.3. The molecule has 0 heterocycles. The molecule has 2 rings (SSSR count). The van der Waals surface area contributed by atoms with Gasteiger partial charge in [-0.15, -0.1) is 0 Å². The average Bonchev–Trinajstić information content (AvgIpc) is 2.89. The minimum atomic E-state index is 0.358. The molecule has 0 bridgehead atoms. The smallest absolute Gasteiger partial charge is 0.0142 e. The van der Waals surface area contributed by atoms with Crippen molar-refractivity contribution in [3.05, 3.63) is 90.6 Å². The Bertz CT molecular complexity index is 527. The third kappa shape index (κ3) is 2.78. The molecule has 1 aliphatic rings. The van der Waals surface area contributed by atoms with Crippen LogP contribution in [0.15, 0.2) is 85.0 Å². The Hall–Kier alpha value is -2.08. The number of hydrogen-bond donors (Lipinski definition) is 0. The molecule has 0 N–H and O–H groups in total. The summed E-state index contributed by atoms with van der Waals surface area (Å²) < 4.78 is 0. The van der Waals surface area contributed by atoms with Crippen molar-refractivity contribution >= 4 is 5.57 Å². The Morgan fingerprint density at radius 1 is 1.06 bits per heavy atom. The van der Waals surface area contributed by atoms with E-state index in [1.807, 2.05) is 25.1 Å². The van der Waals surface area contributed by atoms with Crippen molar-refractivity contribution in [2.24, 2.45) is 5.92 Å². The van der Waals surface area contributed by atoms with Gasteiger partial charge in [0, 0.05) is 5.92 Å². The predicted octanol–water partition coefficient (Wildman–Crippen LogP) is 4.94. The molecule has 0 aromatic heterocycles. The fourth-order valence-electron chi connectivity index (χ4n) is 2.05. The van der Waals surface area contributed by atoms with E-state index in [0.717, 1.165) is 22.3 Å². The van der Waals surface area contributed by atoms with E-state index in [1.54, 1.807) is 0 Å². The topological polar surface area (TPSA) is 0 Å². The Morgan fingerprint density at radius 3 is 2.22 bits per heavy atom. The SMILES string of the molecule is C=C(C)/C(=C/C1C=CC=C1)C(=C)c1ccccc1. The number of hydrogen-bond acceptors (Lipinski definition) is 0. The normalized spacial score (nSPS) is 15.1. The van der Waals surface area contributed by atoms with Gasteiger partial charge in [0.15, 0.2) is 0 Å². The second-order valence-corrected chi connectivity index (χ2v) is 4.55. The standard InChI is InChI=1S/C18H18/c1-14(2)18(13-16-9-7-8-10-16)15(3)17-11-5-4-6-12-17/h4-13,16H,1,3H2,2H3/b18-13-. The first kappa shape index (κ1) is 12.4. The first-order chi connectivity index (χ1) is 8.68. The van der Waals surface area contributed by atoms with Crippen molar-refractivity contribution < 1.29 is 0 Å². The van der Waals surface area contributed by atoms with Crippen molar-refractivity contribution in [2.75, 3.05) is 0 Å². The highest BCUT2D eigenvalue weighted by Crippen LogP contribution is 2.28. The van der Waals surface area contributed by atoms with Crippen LogP contribution >= 0.6 is 0 Å². The van der Waals surface area contributed by atoms with Crippen LogP contribution in [-0.2, 0) is 0 Å². The molecule has 1 aliphatic carbocycles. The highest BCUT2D eigenvalue weighted by atomic mass is 14.1. The zero-order chi connectivity index (χ0) is 13.0. The number of benzene rings is 1. The molecule has 0 spiro atoms. The molecule has 1 aromatic carbocycles. The first-order valence-electron chi connectivity index (χ1n) is 6.16. The summed E-state index contributed by atoms with van der Waals surface area (Å²) >= 11 is 0. The first-order valence-corrected chi connectivity index (χ1v) is 6.16. The quantitative estimate of drug-likeness (QED) is 0.647. The van der Waals surface area contributed by atoms with E-state index in [1.165, 1.54) is 0 Å². The van der Waals surface area contributed by atoms with E-state index in [9.17, 15) is 0 Å². The van der Waals surface area contributed by atoms with Crippen LogP contribution in [0, 0.1) is 5.92 Å². The van der Waals surface area contributed by atoms with E-state index in [0.29, 0.717) is 5.92 Å². The van der Waals surface area contributed by atoms with Crippen molar-refractivity contribution in [1.29, 1.82) is 0 Å². The fraction of sp³-hybridized carbons (Fsp3) is 0.111. The third-order valence-corrected chi connectivity index (χ3v) is 3.04. The maximum absolute atomic E-state index is 4.21. The molecule has 0 nitrogen and oxygen atoms in total. The summed E-state index contributed by atoms with van der Waals surface area (Å²) in [6.07, 6.45) is 10.7. The molecule has 0 aliphatic heterocycles. The third-order valence-electron chi connectivity index (χ3n) is 3.04. The van der Waals surface area contributed by atoms with Crippen LogP contribution in [0.1, 0.15) is 12.5 Å². The van der Waals surface area contributed by atoms with Gasteiger partial charge < -0.3 is 0 Å². The van der Waals surface area contributed by atoms with Crippen LogP contribution in [0.2, 0.25) is 0 Å². The van der Waals surface area contributed by atoms with Crippen LogP contribution < -0.4 is 0 Å². The van der Waals surface area contributed by atoms with Gasteiger partial charge in [0.2, 0.25) is 0 Å². The lowest BCUT2D eigenvalue weighted by atomic mass is 9.92. The monoisotopic (exact) mass is 234 g/mol. The van der Waals surface area contributed by atoms with Crippen molar-refractivity contribution in [1.82, 2.24) is 0 Å². The largest absolute Gasteiger partial charge is 0.0955 e. The van der Waals surface area contributed by atoms with Gasteiger partial charge in [-0.3, -0.25) is 0 Å². The lowest BCUT2D eigenvalue weighted by molar-refractivity contribution is 1.08. The zero-order valence-electron chi connectivity index (χ0n) is 10.8. The predicted molar refractivity (Wildman–Crippen MR) is 80.1 cm³/mol. The molecule has 18 heavy (non-hydrogen) atoms. The van der Waals surface area contributed by atoms with Crippen LogP contribution in [0.3, 0.4) is 0 Å². The van der Waals surface area contributed by atoms with Gasteiger partial charge >= 0.3 is 0 Å². The molecule has 0 unspecified atom stereocenters. The zero-order valence-corrected chi connectivity index (χ0v) is 10.8. The summed E-state index contributed by atoms with van der Waals surface area (Å²) in [5, 5.41) is 0. The molecule has 0 saturated carbocycles. The van der Waals surface area contributed by atoms with Gasteiger partial charge in [-0.2, -0.15) is 0 Å². The molecule has 0 fully saturated rings. The summed E-state index contributed by atoms with van der Waals surface area (Å²) in [5.41, 5.74) is 4.38. The van der Waals surface area contributed by atoms with Crippen LogP contribution in [-0.4, -0.2) is 0 Å². The Kier molecular flexibility index (Phi) is 3.78. The summed E-state index contributed by atoms with van der Waals surface area (Å²) in [7, 11) is 0. The van der Waals surface area contributed by atoms with E-state index >= 15 is 0 Å². The van der Waals surface area contributed by atoms with Crippen LogP contribution in [0.4, 0.5) is 0 Å². The summed E-state index contributed by atoms with van der Waals surface area (Å²) in [6.45, 7) is 10.3. The average molecular weight is 234 g/mol. The maximum Gasteiger partial charge on any atom is 0.0142 e. The Balaban J connectivity index is 2.31. The second-order valence-electron chi connectivity index (χ2n) is 4.55. The van der Waals surface area contributed by atoms with Gasteiger partial charge in [-0.25, -0.2) is 0 Å². The summed E-state index contributed by atoms with van der Waals surface area (Å²) in [4.78, 5) is 0. The van der Waals surface area contributed by atoms with Crippen molar-refractivity contribution in [2.45, 2.75) is 6.92 Å². The highest BCUT2D eigenvalue weighted by Gasteiger charge is 2.09. The summed E-state index contributed by atoms with van der Waals surface area (Å²) in [5.74, 6) is 0.358. The minimum Gasteiger partial charge on any atom is -0.0955 e. The van der Waals surface area contributed by atoms with Gasteiger partial charge in [-0.05, 0) is 23.6 Å². The Labute approximate surface area is 109 Å². The van der Waals surface area contributed by atoms with Gasteiger partial charge in [-0.1, -0.05) is 79.4 Å². The van der Waals surface area contributed by atoms with E-state index in [2.05, 4.69) is 55.7 Å². The van der Waals surface area contributed by atoms with Crippen LogP contribution in [0.25, 0.3) is 5.57 Å². The lowest BCUT2D eigenvalue weighted by Gasteiger charge is -2.13. The maximum atomic E-state index is 4.21. The second kappa shape index (κ2) is 5.50. The number of rotatable bonds is 4. The lowest BCUT2D eigenvalue weighted by Crippen LogP contribution is -1.94. The molecule has 0 amide bonds. The van der Waals surface area contributed by atoms with Gasteiger partial charge in [0.25, 0.3) is 0 Å². The van der Waals surface area contributed by atoms with Crippen LogP contribution in [0.5, 0.6) is 0 Å². The minimum absolute atomic E-state index is 0.358. The molecule has 0 saturated heterocycles. The van der Waals surface area contributed by atoms with E-state index in [4.69, 9.17) is 0 Å². The van der Waals surface area contributed by atoms with Crippen molar-refractivity contribution in [3.63, 3.8) is 0 Å². The van der Waals surface area contributed by atoms with Gasteiger partial charge in [0.05, 0.1) is 0 Å². The molecule has 1 aromatic rings. The molecule has 0 radical (unpaired) electrons. The van der Waals surface area contributed by atoms with Crippen molar-refractivity contribution in [3.8, 4) is 0 Å². The molecular formula is C18H18. The molecular weight excluding hydrogens is 216 g/mol. The fourth-order valence-corrected chi connectivity index (χ4v) is 2.05.